The smallest absolute Gasteiger partial charge is 0.497 e. The third-order valence-corrected chi connectivity index (χ3v) is 5.98. The van der Waals surface area contributed by atoms with Gasteiger partial charge in [-0.25, -0.2) is 0 Å². The van der Waals surface area contributed by atoms with Crippen LogP contribution in [0.15, 0.2) is 12.1 Å². The number of esters is 1. The molecule has 0 saturated carbocycles. The largest absolute Gasteiger partial charge is 0.498 e. The second-order valence-electron chi connectivity index (χ2n) is 8.51. The van der Waals surface area contributed by atoms with Crippen molar-refractivity contribution < 1.29 is 28.4 Å². The second kappa shape index (κ2) is 7.99. The molecule has 0 bridgehead atoms. The van der Waals surface area contributed by atoms with Crippen LogP contribution in [0.1, 0.15) is 58.6 Å². The lowest BCUT2D eigenvalue weighted by Gasteiger charge is -2.32. The molecule has 1 aromatic carbocycles. The van der Waals surface area contributed by atoms with E-state index >= 15 is 0 Å². The zero-order valence-corrected chi connectivity index (χ0v) is 18.2. The lowest BCUT2D eigenvalue weighted by atomic mass is 9.77. The summed E-state index contributed by atoms with van der Waals surface area (Å²) >= 11 is 0. The van der Waals surface area contributed by atoms with Crippen molar-refractivity contribution in [3.05, 3.63) is 23.3 Å². The fraction of sp³-hybridized carbons (Fsp3) is 0.619. The number of methoxy groups -OCH3 is 1. The van der Waals surface area contributed by atoms with Crippen LogP contribution in [0.25, 0.3) is 0 Å². The zero-order valence-electron chi connectivity index (χ0n) is 18.2. The van der Waals surface area contributed by atoms with Crippen molar-refractivity contribution in [1.29, 1.82) is 0 Å². The van der Waals surface area contributed by atoms with E-state index in [1.807, 2.05) is 39.8 Å². The molecule has 1 amide bonds. The van der Waals surface area contributed by atoms with Crippen molar-refractivity contribution in [2.24, 2.45) is 0 Å². The summed E-state index contributed by atoms with van der Waals surface area (Å²) < 4.78 is 22.9. The Kier molecular flexibility index (Phi) is 5.97. The number of amides is 1. The molecule has 0 spiro atoms. The van der Waals surface area contributed by atoms with Crippen LogP contribution in [0.4, 0.5) is 0 Å². The van der Waals surface area contributed by atoms with Crippen LogP contribution in [-0.2, 0) is 36.7 Å². The van der Waals surface area contributed by atoms with E-state index < -0.39 is 18.3 Å². The number of hydrogen-bond acceptors (Lipinski definition) is 6. The number of hydrogen-bond donors (Lipinski definition) is 0. The van der Waals surface area contributed by atoms with Gasteiger partial charge >= 0.3 is 13.1 Å². The number of benzene rings is 1. The van der Waals surface area contributed by atoms with Crippen LogP contribution in [0, 0.1) is 0 Å². The predicted octanol–water partition coefficient (Wildman–Crippen LogP) is 2.18. The van der Waals surface area contributed by atoms with Crippen molar-refractivity contribution in [3.8, 4) is 5.75 Å². The van der Waals surface area contributed by atoms with Gasteiger partial charge in [0.2, 0.25) is 5.91 Å². The van der Waals surface area contributed by atoms with E-state index in [9.17, 15) is 9.59 Å². The first-order valence-corrected chi connectivity index (χ1v) is 10.1. The molecule has 29 heavy (non-hydrogen) atoms. The summed E-state index contributed by atoms with van der Waals surface area (Å²) in [5, 5.41) is 0. The van der Waals surface area contributed by atoms with Crippen LogP contribution < -0.4 is 10.2 Å². The number of fused-ring (bicyclic) bond motifs is 1. The maximum atomic E-state index is 12.5. The summed E-state index contributed by atoms with van der Waals surface area (Å²) in [5.74, 6) is 0.274. The van der Waals surface area contributed by atoms with Crippen LogP contribution in [-0.4, -0.2) is 48.8 Å². The van der Waals surface area contributed by atoms with Crippen LogP contribution >= 0.6 is 0 Å². The highest BCUT2D eigenvalue weighted by Crippen LogP contribution is 2.38. The maximum absolute atomic E-state index is 12.5. The molecular weight excluding hydrogens is 373 g/mol. The molecular formula is C21H30BNO6. The van der Waals surface area contributed by atoms with Gasteiger partial charge in [0, 0.05) is 25.0 Å². The van der Waals surface area contributed by atoms with Gasteiger partial charge in [-0.2, -0.15) is 0 Å². The lowest BCUT2D eigenvalue weighted by Crippen LogP contribution is -2.41. The average Bonchev–Trinajstić information content (AvgIpc) is 3.16. The van der Waals surface area contributed by atoms with Crippen molar-refractivity contribution in [1.82, 2.24) is 4.90 Å². The molecule has 158 valence electrons. The Morgan fingerprint density at radius 2 is 1.66 bits per heavy atom. The molecule has 2 heterocycles. The third kappa shape index (κ3) is 4.28. The van der Waals surface area contributed by atoms with Gasteiger partial charge in [-0.1, -0.05) is 6.07 Å². The van der Waals surface area contributed by atoms with E-state index in [0.29, 0.717) is 25.4 Å². The molecule has 7 nitrogen and oxygen atoms in total. The minimum absolute atomic E-state index is 0.0644. The normalized spacial score (nSPS) is 19.2. The molecule has 3 rings (SSSR count). The first-order chi connectivity index (χ1) is 13.6. The Morgan fingerprint density at radius 3 is 2.21 bits per heavy atom. The second-order valence-corrected chi connectivity index (χ2v) is 8.51. The molecule has 2 aliphatic heterocycles. The Balaban J connectivity index is 1.74. The van der Waals surface area contributed by atoms with Crippen LogP contribution in [0.2, 0.25) is 0 Å². The SMILES string of the molecule is CCOC(=O)CCC(=O)N1Cc2cc(OC)c(B3OC(C)(C)C(C)(C)O3)cc2C1. The van der Waals surface area contributed by atoms with Crippen molar-refractivity contribution >= 4 is 24.5 Å². The molecule has 0 aromatic heterocycles. The van der Waals surface area contributed by atoms with Gasteiger partial charge in [0.05, 0.1) is 31.3 Å². The van der Waals surface area contributed by atoms with E-state index in [1.165, 1.54) is 0 Å². The van der Waals surface area contributed by atoms with Gasteiger partial charge in [-0.15, -0.1) is 0 Å². The fourth-order valence-corrected chi connectivity index (χ4v) is 3.55. The summed E-state index contributed by atoms with van der Waals surface area (Å²) in [6, 6.07) is 3.96. The molecule has 1 saturated heterocycles. The van der Waals surface area contributed by atoms with E-state index in [2.05, 4.69) is 0 Å². The van der Waals surface area contributed by atoms with Crippen molar-refractivity contribution in [3.63, 3.8) is 0 Å². The zero-order chi connectivity index (χ0) is 21.4. The first kappa shape index (κ1) is 21.6. The quantitative estimate of drug-likeness (QED) is 0.536. The monoisotopic (exact) mass is 403 g/mol. The molecule has 0 unspecified atom stereocenters. The molecule has 0 atom stereocenters. The standard InChI is InChI=1S/C21H30BNO6/c1-7-27-19(25)9-8-18(24)23-12-14-10-16(17(26-6)11-15(14)13-23)22-28-20(2,3)21(4,5)29-22/h10-11H,7-9,12-13H2,1-6H3. The summed E-state index contributed by atoms with van der Waals surface area (Å²) in [4.78, 5) is 25.8. The molecule has 8 heteroatoms. The Labute approximate surface area is 172 Å². The van der Waals surface area contributed by atoms with E-state index in [-0.39, 0.29) is 24.7 Å². The molecule has 0 aliphatic carbocycles. The van der Waals surface area contributed by atoms with Gasteiger partial charge < -0.3 is 23.7 Å². The van der Waals surface area contributed by atoms with Gasteiger partial charge in [0.25, 0.3) is 0 Å². The van der Waals surface area contributed by atoms with Crippen LogP contribution in [0.3, 0.4) is 0 Å². The Bertz CT molecular complexity index is 791. The topological polar surface area (TPSA) is 74.3 Å². The van der Waals surface area contributed by atoms with Gasteiger partial charge in [-0.3, -0.25) is 9.59 Å². The number of carbonyl (C=O) groups excluding carboxylic acids is 2. The summed E-state index contributed by atoms with van der Waals surface area (Å²) in [5.41, 5.74) is 2.01. The Morgan fingerprint density at radius 1 is 1.07 bits per heavy atom. The highest BCUT2D eigenvalue weighted by atomic mass is 16.7. The Hall–Kier alpha value is -2.06. The summed E-state index contributed by atoms with van der Waals surface area (Å²) in [6.07, 6.45) is 0.246. The molecule has 0 N–H and O–H groups in total. The number of nitrogens with zero attached hydrogens (tertiary/aromatic N) is 1. The summed E-state index contributed by atoms with van der Waals surface area (Å²) in [7, 11) is 1.09. The van der Waals surface area contributed by atoms with E-state index in [4.69, 9.17) is 18.8 Å². The highest BCUT2D eigenvalue weighted by molar-refractivity contribution is 6.63. The van der Waals surface area contributed by atoms with Crippen LogP contribution in [0.5, 0.6) is 5.75 Å². The third-order valence-electron chi connectivity index (χ3n) is 5.98. The molecule has 1 aromatic rings. The molecule has 2 aliphatic rings. The lowest BCUT2D eigenvalue weighted by molar-refractivity contribution is -0.145. The number of carbonyl (C=O) groups is 2. The van der Waals surface area contributed by atoms with Gasteiger partial charge in [-0.05, 0) is 51.8 Å². The number of ether oxygens (including phenoxy) is 2. The number of rotatable bonds is 6. The summed E-state index contributed by atoms with van der Waals surface area (Å²) in [6.45, 7) is 11.1. The average molecular weight is 403 g/mol. The van der Waals surface area contributed by atoms with E-state index in [0.717, 1.165) is 16.6 Å². The fourth-order valence-electron chi connectivity index (χ4n) is 3.55. The van der Waals surface area contributed by atoms with Gasteiger partial charge in [0.1, 0.15) is 5.75 Å². The highest BCUT2D eigenvalue weighted by Gasteiger charge is 2.52. The van der Waals surface area contributed by atoms with E-state index in [1.54, 1.807) is 18.9 Å². The molecule has 1 fully saturated rings. The van der Waals surface area contributed by atoms with Crippen molar-refractivity contribution in [2.45, 2.75) is 71.8 Å². The maximum Gasteiger partial charge on any atom is 0.498 e. The molecule has 0 radical (unpaired) electrons. The first-order valence-electron chi connectivity index (χ1n) is 10.1. The predicted molar refractivity (Wildman–Crippen MR) is 109 cm³/mol. The van der Waals surface area contributed by atoms with Crippen molar-refractivity contribution in [2.75, 3.05) is 13.7 Å². The minimum atomic E-state index is -0.534. The minimum Gasteiger partial charge on any atom is -0.497 e. The van der Waals surface area contributed by atoms with Gasteiger partial charge in [0.15, 0.2) is 0 Å².